The molecule has 3 aromatic rings. The summed E-state index contributed by atoms with van der Waals surface area (Å²) < 4.78 is 0. The molecule has 3 heterocycles. The molecule has 4 rings (SSSR count). The minimum Gasteiger partial charge on any atom is -0.366 e. The number of aromatic nitrogens is 3. The van der Waals surface area contributed by atoms with Crippen molar-refractivity contribution in [1.29, 1.82) is 0 Å². The average Bonchev–Trinajstić information content (AvgIpc) is 3.13. The van der Waals surface area contributed by atoms with Crippen LogP contribution in [0.2, 0.25) is 0 Å². The van der Waals surface area contributed by atoms with E-state index in [0.29, 0.717) is 25.6 Å². The number of nitrogens with one attached hydrogen (secondary N) is 2. The van der Waals surface area contributed by atoms with Gasteiger partial charge in [-0.1, -0.05) is 12.1 Å². The molecule has 0 fully saturated rings. The molecule has 140 valence electrons. The number of fused-ring (bicyclic) bond motifs is 2. The summed E-state index contributed by atoms with van der Waals surface area (Å²) in [6, 6.07) is 8.47. The van der Waals surface area contributed by atoms with E-state index in [1.54, 1.807) is 6.92 Å². The van der Waals surface area contributed by atoms with Crippen molar-refractivity contribution in [1.82, 2.24) is 19.9 Å². The molecular weight excluding hydrogens is 340 g/mol. The van der Waals surface area contributed by atoms with Crippen LogP contribution in [-0.4, -0.2) is 46.4 Å². The van der Waals surface area contributed by atoms with E-state index in [2.05, 4.69) is 39.6 Å². The molecule has 27 heavy (non-hydrogen) atoms. The van der Waals surface area contributed by atoms with E-state index in [1.807, 2.05) is 30.1 Å². The summed E-state index contributed by atoms with van der Waals surface area (Å²) in [6.45, 7) is 3.53. The molecule has 0 bridgehead atoms. The molecule has 0 saturated heterocycles. The van der Waals surface area contributed by atoms with Crippen LogP contribution in [0.4, 0.5) is 11.8 Å². The maximum absolute atomic E-state index is 11.8. The third-order valence-corrected chi connectivity index (χ3v) is 4.98. The Labute approximate surface area is 158 Å². The maximum atomic E-state index is 11.8. The summed E-state index contributed by atoms with van der Waals surface area (Å²) in [5.41, 5.74) is 4.35. The summed E-state index contributed by atoms with van der Waals surface area (Å²) in [6.07, 6.45) is 2.72. The number of H-pyrrole nitrogens is 1. The summed E-state index contributed by atoms with van der Waals surface area (Å²) in [4.78, 5) is 28.1. The number of carbonyl (C=O) groups is 1. The number of rotatable bonds is 4. The zero-order valence-electron chi connectivity index (χ0n) is 15.9. The van der Waals surface area contributed by atoms with E-state index in [-0.39, 0.29) is 5.91 Å². The average molecular weight is 364 g/mol. The van der Waals surface area contributed by atoms with E-state index in [1.165, 1.54) is 10.9 Å². The molecule has 0 spiro atoms. The van der Waals surface area contributed by atoms with E-state index < -0.39 is 0 Å². The van der Waals surface area contributed by atoms with Gasteiger partial charge < -0.3 is 20.1 Å². The second kappa shape index (κ2) is 6.90. The van der Waals surface area contributed by atoms with E-state index in [9.17, 15) is 4.79 Å². The Hall–Kier alpha value is -3.09. The van der Waals surface area contributed by atoms with Crippen LogP contribution in [-0.2, 0) is 24.3 Å². The largest absolute Gasteiger partial charge is 0.366 e. The molecule has 7 nitrogen and oxygen atoms in total. The fourth-order valence-electron chi connectivity index (χ4n) is 3.42. The summed E-state index contributed by atoms with van der Waals surface area (Å²) in [7, 11) is 3.85. The standard InChI is InChI=1S/C20H24N6O/c1-13(27)26-9-7-16-18(12-26)23-20(25(2)3)24-19(16)22-11-14-4-5-15-6-8-21-17(15)10-14/h4-6,8,10,21H,7,9,11-12H2,1-3H3,(H,22,23,24). The molecule has 0 radical (unpaired) electrons. The molecule has 2 aromatic heterocycles. The van der Waals surface area contributed by atoms with Crippen LogP contribution >= 0.6 is 0 Å². The van der Waals surface area contributed by atoms with Gasteiger partial charge in [-0.2, -0.15) is 4.98 Å². The van der Waals surface area contributed by atoms with Crippen molar-refractivity contribution in [3.63, 3.8) is 0 Å². The normalized spacial score (nSPS) is 13.5. The number of carbonyl (C=O) groups excluding carboxylic acids is 1. The lowest BCUT2D eigenvalue weighted by atomic mass is 10.1. The monoisotopic (exact) mass is 364 g/mol. The molecular formula is C20H24N6O. The number of benzene rings is 1. The number of hydrogen-bond donors (Lipinski definition) is 2. The molecule has 1 aliphatic heterocycles. The van der Waals surface area contributed by atoms with Crippen molar-refractivity contribution in [2.24, 2.45) is 0 Å². The highest BCUT2D eigenvalue weighted by molar-refractivity contribution is 5.80. The highest BCUT2D eigenvalue weighted by Crippen LogP contribution is 2.26. The summed E-state index contributed by atoms with van der Waals surface area (Å²) in [5.74, 6) is 1.60. The van der Waals surface area contributed by atoms with E-state index in [0.717, 1.165) is 29.0 Å². The Morgan fingerprint density at radius 2 is 2.15 bits per heavy atom. The number of hydrogen-bond acceptors (Lipinski definition) is 5. The minimum atomic E-state index is 0.0828. The fraction of sp³-hybridized carbons (Fsp3) is 0.350. The topological polar surface area (TPSA) is 77.2 Å². The minimum absolute atomic E-state index is 0.0828. The van der Waals surface area contributed by atoms with Gasteiger partial charge in [-0.3, -0.25) is 4.79 Å². The van der Waals surface area contributed by atoms with Crippen LogP contribution in [0.1, 0.15) is 23.7 Å². The third-order valence-electron chi connectivity index (χ3n) is 4.98. The van der Waals surface area contributed by atoms with Gasteiger partial charge in [0.15, 0.2) is 0 Å². The van der Waals surface area contributed by atoms with Gasteiger partial charge in [0.05, 0.1) is 12.2 Å². The Morgan fingerprint density at radius 1 is 1.30 bits per heavy atom. The lowest BCUT2D eigenvalue weighted by Gasteiger charge is -2.29. The molecule has 0 atom stereocenters. The van der Waals surface area contributed by atoms with Gasteiger partial charge in [0, 0.05) is 51.4 Å². The first kappa shape index (κ1) is 17.3. The lowest BCUT2D eigenvalue weighted by molar-refractivity contribution is -0.129. The van der Waals surface area contributed by atoms with Crippen LogP contribution in [0, 0.1) is 0 Å². The zero-order chi connectivity index (χ0) is 19.0. The van der Waals surface area contributed by atoms with Crippen molar-refractivity contribution >= 4 is 28.6 Å². The molecule has 1 aliphatic rings. The number of nitrogens with zero attached hydrogens (tertiary/aromatic N) is 4. The summed E-state index contributed by atoms with van der Waals surface area (Å²) in [5, 5.41) is 4.70. The highest BCUT2D eigenvalue weighted by atomic mass is 16.2. The molecule has 0 unspecified atom stereocenters. The van der Waals surface area contributed by atoms with Crippen molar-refractivity contribution in [2.75, 3.05) is 30.9 Å². The van der Waals surface area contributed by atoms with Gasteiger partial charge >= 0.3 is 0 Å². The van der Waals surface area contributed by atoms with Gasteiger partial charge in [0.1, 0.15) is 5.82 Å². The van der Waals surface area contributed by atoms with Crippen molar-refractivity contribution in [2.45, 2.75) is 26.4 Å². The van der Waals surface area contributed by atoms with Crippen molar-refractivity contribution in [3.8, 4) is 0 Å². The lowest BCUT2D eigenvalue weighted by Crippen LogP contribution is -2.35. The molecule has 0 aliphatic carbocycles. The Balaban J connectivity index is 1.62. The van der Waals surface area contributed by atoms with E-state index >= 15 is 0 Å². The van der Waals surface area contributed by atoms with Crippen molar-refractivity contribution < 1.29 is 4.79 Å². The van der Waals surface area contributed by atoms with E-state index in [4.69, 9.17) is 4.98 Å². The smallest absolute Gasteiger partial charge is 0.227 e. The summed E-state index contributed by atoms with van der Waals surface area (Å²) >= 11 is 0. The van der Waals surface area contributed by atoms with Gasteiger partial charge in [-0.15, -0.1) is 0 Å². The van der Waals surface area contributed by atoms with Gasteiger partial charge in [0.2, 0.25) is 11.9 Å². The van der Waals surface area contributed by atoms with Crippen LogP contribution in [0.3, 0.4) is 0 Å². The first-order valence-corrected chi connectivity index (χ1v) is 9.14. The molecule has 1 aromatic carbocycles. The molecule has 1 amide bonds. The van der Waals surface area contributed by atoms with Crippen molar-refractivity contribution in [3.05, 3.63) is 47.3 Å². The van der Waals surface area contributed by atoms with Gasteiger partial charge in [0.25, 0.3) is 0 Å². The first-order chi connectivity index (χ1) is 13.0. The highest BCUT2D eigenvalue weighted by Gasteiger charge is 2.24. The predicted octanol–water partition coefficient (Wildman–Crippen LogP) is 2.54. The first-order valence-electron chi connectivity index (χ1n) is 9.14. The fourth-order valence-corrected chi connectivity index (χ4v) is 3.42. The SMILES string of the molecule is CC(=O)N1CCc2c(nc(N(C)C)nc2NCc2ccc3cc[nH]c3c2)C1. The van der Waals surface area contributed by atoms with Crippen LogP contribution < -0.4 is 10.2 Å². The maximum Gasteiger partial charge on any atom is 0.227 e. The third kappa shape index (κ3) is 3.45. The molecule has 0 saturated carbocycles. The number of aromatic amines is 1. The molecule has 2 N–H and O–H groups in total. The van der Waals surface area contributed by atoms with Gasteiger partial charge in [-0.05, 0) is 29.5 Å². The second-order valence-corrected chi connectivity index (χ2v) is 7.14. The van der Waals surface area contributed by atoms with Crippen LogP contribution in [0.25, 0.3) is 10.9 Å². The Morgan fingerprint density at radius 3 is 2.93 bits per heavy atom. The van der Waals surface area contributed by atoms with Crippen LogP contribution in [0.5, 0.6) is 0 Å². The molecule has 7 heteroatoms. The Bertz CT molecular complexity index is 993. The predicted molar refractivity (Wildman–Crippen MR) is 107 cm³/mol. The zero-order valence-corrected chi connectivity index (χ0v) is 15.9. The van der Waals surface area contributed by atoms with Gasteiger partial charge in [-0.25, -0.2) is 4.98 Å². The number of anilines is 2. The number of amides is 1. The Kier molecular flexibility index (Phi) is 4.43. The second-order valence-electron chi connectivity index (χ2n) is 7.14. The van der Waals surface area contributed by atoms with Crippen LogP contribution in [0.15, 0.2) is 30.5 Å². The quantitative estimate of drug-likeness (QED) is 0.744.